The van der Waals surface area contributed by atoms with E-state index in [0.29, 0.717) is 15.7 Å². The quantitative estimate of drug-likeness (QED) is 0.273. The van der Waals surface area contributed by atoms with E-state index in [1.807, 2.05) is 22.6 Å². The Kier molecular flexibility index (Phi) is 5.24. The van der Waals surface area contributed by atoms with Crippen molar-refractivity contribution in [3.8, 4) is 5.75 Å². The predicted octanol–water partition coefficient (Wildman–Crippen LogP) is 2.55. The molecule has 4 nitrogen and oxygen atoms in total. The van der Waals surface area contributed by atoms with Gasteiger partial charge in [0, 0.05) is 12.0 Å². The van der Waals surface area contributed by atoms with Gasteiger partial charge in [0.2, 0.25) is 0 Å². The van der Waals surface area contributed by atoms with Crippen LogP contribution >= 0.6 is 22.6 Å². The van der Waals surface area contributed by atoms with Crippen LogP contribution in [0.5, 0.6) is 5.75 Å². The second-order valence-electron chi connectivity index (χ2n) is 2.97. The first-order valence-corrected chi connectivity index (χ1v) is 6.26. The van der Waals surface area contributed by atoms with Crippen molar-refractivity contribution in [2.24, 2.45) is 0 Å². The van der Waals surface area contributed by atoms with Gasteiger partial charge < -0.3 is 0 Å². The Labute approximate surface area is 107 Å². The van der Waals surface area contributed by atoms with Gasteiger partial charge in [0.25, 0.3) is 0 Å². The second kappa shape index (κ2) is 6.47. The summed E-state index contributed by atoms with van der Waals surface area (Å²) in [5.41, 5.74) is 0.614. The van der Waals surface area contributed by atoms with E-state index >= 15 is 0 Å². The molecule has 0 aliphatic carbocycles. The fourth-order valence-electron chi connectivity index (χ4n) is 0.927. The number of halogens is 1. The highest BCUT2D eigenvalue weighted by atomic mass is 127. The number of ketones is 1. The Morgan fingerprint density at radius 3 is 2.38 bits per heavy atom. The SMILES string of the molecule is CCC(=O)OOc1ccc(C(=O)CI)cc1. The van der Waals surface area contributed by atoms with Crippen molar-refractivity contribution in [1.82, 2.24) is 0 Å². The van der Waals surface area contributed by atoms with Gasteiger partial charge in [-0.05, 0) is 24.3 Å². The highest BCUT2D eigenvalue weighted by Crippen LogP contribution is 2.13. The van der Waals surface area contributed by atoms with Crippen LogP contribution in [0, 0.1) is 0 Å². The van der Waals surface area contributed by atoms with Gasteiger partial charge >= 0.3 is 5.97 Å². The van der Waals surface area contributed by atoms with Crippen LogP contribution < -0.4 is 4.89 Å². The molecular weight excluding hydrogens is 323 g/mol. The predicted molar refractivity (Wildman–Crippen MR) is 66.7 cm³/mol. The van der Waals surface area contributed by atoms with E-state index in [1.165, 1.54) is 0 Å². The third-order valence-electron chi connectivity index (χ3n) is 1.82. The van der Waals surface area contributed by atoms with Gasteiger partial charge in [0.1, 0.15) is 0 Å². The molecule has 0 fully saturated rings. The van der Waals surface area contributed by atoms with Crippen LogP contribution in [0.15, 0.2) is 24.3 Å². The van der Waals surface area contributed by atoms with Crippen LogP contribution in [-0.2, 0) is 9.68 Å². The maximum absolute atomic E-state index is 11.3. The lowest BCUT2D eigenvalue weighted by molar-refractivity contribution is -0.213. The Hall–Kier alpha value is -1.11. The van der Waals surface area contributed by atoms with Gasteiger partial charge in [-0.25, -0.2) is 4.79 Å². The van der Waals surface area contributed by atoms with Crippen LogP contribution in [-0.4, -0.2) is 16.2 Å². The first kappa shape index (κ1) is 13.0. The largest absolute Gasteiger partial charge is 0.355 e. The number of rotatable bonds is 5. The minimum Gasteiger partial charge on any atom is -0.293 e. The monoisotopic (exact) mass is 334 g/mol. The van der Waals surface area contributed by atoms with Crippen LogP contribution in [0.2, 0.25) is 0 Å². The molecule has 0 spiro atoms. The molecule has 16 heavy (non-hydrogen) atoms. The van der Waals surface area contributed by atoms with Crippen molar-refractivity contribution in [3.05, 3.63) is 29.8 Å². The number of alkyl halides is 1. The van der Waals surface area contributed by atoms with Crippen molar-refractivity contribution < 1.29 is 19.4 Å². The molecule has 0 saturated carbocycles. The lowest BCUT2D eigenvalue weighted by Crippen LogP contribution is -2.06. The molecule has 0 heterocycles. The lowest BCUT2D eigenvalue weighted by Gasteiger charge is -2.03. The molecule has 5 heteroatoms. The first-order chi connectivity index (χ1) is 7.67. The molecule has 1 aromatic carbocycles. The lowest BCUT2D eigenvalue weighted by atomic mass is 10.1. The summed E-state index contributed by atoms with van der Waals surface area (Å²) in [6.45, 7) is 1.67. The van der Waals surface area contributed by atoms with E-state index < -0.39 is 5.97 Å². The fourth-order valence-corrected chi connectivity index (χ4v) is 1.37. The summed E-state index contributed by atoms with van der Waals surface area (Å²) in [7, 11) is 0. The number of hydrogen-bond donors (Lipinski definition) is 0. The number of carbonyl (C=O) groups is 2. The van der Waals surface area contributed by atoms with Crippen molar-refractivity contribution in [2.75, 3.05) is 4.43 Å². The maximum Gasteiger partial charge on any atom is 0.355 e. The van der Waals surface area contributed by atoms with E-state index in [-0.39, 0.29) is 12.2 Å². The molecule has 1 aromatic rings. The zero-order valence-corrected chi connectivity index (χ0v) is 10.9. The van der Waals surface area contributed by atoms with Gasteiger partial charge in [-0.1, -0.05) is 29.5 Å². The van der Waals surface area contributed by atoms with Gasteiger partial charge in [-0.15, -0.1) is 0 Å². The Bertz CT molecular complexity index is 372. The number of carbonyl (C=O) groups excluding carboxylic acids is 2. The van der Waals surface area contributed by atoms with Gasteiger partial charge in [-0.3, -0.25) is 14.6 Å². The molecule has 0 aliphatic rings. The molecule has 86 valence electrons. The van der Waals surface area contributed by atoms with E-state index in [2.05, 4.69) is 4.89 Å². The molecule has 0 saturated heterocycles. The summed E-state index contributed by atoms with van der Waals surface area (Å²) in [5, 5.41) is 0. The normalized spacial score (nSPS) is 9.62. The summed E-state index contributed by atoms with van der Waals surface area (Å²) in [4.78, 5) is 31.4. The molecule has 1 rings (SSSR count). The fraction of sp³-hybridized carbons (Fsp3) is 0.273. The second-order valence-corrected chi connectivity index (χ2v) is 3.74. The third-order valence-corrected chi connectivity index (χ3v) is 2.51. The summed E-state index contributed by atoms with van der Waals surface area (Å²) >= 11 is 2.01. The van der Waals surface area contributed by atoms with Gasteiger partial charge in [0.15, 0.2) is 11.5 Å². The van der Waals surface area contributed by atoms with E-state index in [1.54, 1.807) is 31.2 Å². The third kappa shape index (κ3) is 3.80. The number of hydrogen-bond acceptors (Lipinski definition) is 4. The van der Waals surface area contributed by atoms with Crippen molar-refractivity contribution in [1.29, 1.82) is 0 Å². The van der Waals surface area contributed by atoms with Crippen LogP contribution in [0.1, 0.15) is 23.7 Å². The Balaban J connectivity index is 2.58. The van der Waals surface area contributed by atoms with Crippen LogP contribution in [0.4, 0.5) is 0 Å². The van der Waals surface area contributed by atoms with E-state index in [9.17, 15) is 9.59 Å². The zero-order valence-electron chi connectivity index (χ0n) is 8.73. The van der Waals surface area contributed by atoms with Crippen molar-refractivity contribution in [3.63, 3.8) is 0 Å². The topological polar surface area (TPSA) is 52.6 Å². The van der Waals surface area contributed by atoms with Gasteiger partial charge in [-0.2, -0.15) is 0 Å². The van der Waals surface area contributed by atoms with Gasteiger partial charge in [0.05, 0.1) is 4.43 Å². The van der Waals surface area contributed by atoms with Crippen LogP contribution in [0.25, 0.3) is 0 Å². The summed E-state index contributed by atoms with van der Waals surface area (Å²) < 4.78 is 0.433. The van der Waals surface area contributed by atoms with Crippen LogP contribution in [0.3, 0.4) is 0 Å². The smallest absolute Gasteiger partial charge is 0.293 e. The molecule has 0 aliphatic heterocycles. The van der Waals surface area contributed by atoms with Crippen molar-refractivity contribution in [2.45, 2.75) is 13.3 Å². The molecule has 0 radical (unpaired) electrons. The molecule has 0 unspecified atom stereocenters. The highest BCUT2D eigenvalue weighted by molar-refractivity contribution is 14.1. The molecule has 0 amide bonds. The average Bonchev–Trinajstić information content (AvgIpc) is 2.35. The number of benzene rings is 1. The Morgan fingerprint density at radius 2 is 1.88 bits per heavy atom. The highest BCUT2D eigenvalue weighted by Gasteiger charge is 2.05. The summed E-state index contributed by atoms with van der Waals surface area (Å²) in [6, 6.07) is 6.44. The molecular formula is C11H11IO4. The molecule has 0 atom stereocenters. The average molecular weight is 334 g/mol. The standard InChI is InChI=1S/C11H11IO4/c1-2-11(14)16-15-9-5-3-8(4-6-9)10(13)7-12/h3-6H,2,7H2,1H3. The minimum atomic E-state index is -0.438. The van der Waals surface area contributed by atoms with Crippen molar-refractivity contribution >= 4 is 34.3 Å². The summed E-state index contributed by atoms with van der Waals surface area (Å²) in [5.74, 6) is 0.0110. The van der Waals surface area contributed by atoms with E-state index in [0.717, 1.165) is 0 Å². The minimum absolute atomic E-state index is 0.0534. The molecule has 0 bridgehead atoms. The molecule has 0 aromatic heterocycles. The molecule has 0 N–H and O–H groups in total. The Morgan fingerprint density at radius 1 is 1.25 bits per heavy atom. The first-order valence-electron chi connectivity index (χ1n) is 4.74. The maximum atomic E-state index is 11.3. The summed E-state index contributed by atoms with van der Waals surface area (Å²) in [6.07, 6.45) is 0.255. The number of Topliss-reactive ketones (excluding diaryl/α,β-unsaturated/α-hetero) is 1. The van der Waals surface area contributed by atoms with E-state index in [4.69, 9.17) is 4.89 Å². The zero-order chi connectivity index (χ0) is 12.0.